The van der Waals surface area contributed by atoms with Crippen molar-refractivity contribution >= 4 is 47.0 Å². The number of allylic oxidation sites excluding steroid dienone is 1. The molecule has 5 aromatic rings. The van der Waals surface area contributed by atoms with Gasteiger partial charge in [0.05, 0.1) is 0 Å². The second-order valence-corrected chi connectivity index (χ2v) is 10.1. The van der Waals surface area contributed by atoms with Gasteiger partial charge in [-0.05, 0) is 82.9 Å². The van der Waals surface area contributed by atoms with Crippen molar-refractivity contribution < 1.29 is 14.4 Å². The highest BCUT2D eigenvalue weighted by Crippen LogP contribution is 2.20. The third-order valence-corrected chi connectivity index (χ3v) is 6.83. The summed E-state index contributed by atoms with van der Waals surface area (Å²) in [7, 11) is 0. The lowest BCUT2D eigenvalue weighted by atomic mass is 10.0. The van der Waals surface area contributed by atoms with E-state index >= 15 is 0 Å². The summed E-state index contributed by atoms with van der Waals surface area (Å²) in [6.45, 7) is 0. The fourth-order valence-corrected chi connectivity index (χ4v) is 4.40. The first-order chi connectivity index (χ1) is 20.9. The van der Waals surface area contributed by atoms with E-state index in [0.29, 0.717) is 27.4 Å². The summed E-state index contributed by atoms with van der Waals surface area (Å²) in [5.74, 6) is -1.10. The van der Waals surface area contributed by atoms with E-state index in [0.717, 1.165) is 16.7 Å². The molecule has 0 aliphatic rings. The highest BCUT2D eigenvalue weighted by atomic mass is 35.5. The molecule has 0 aliphatic heterocycles. The SMILES string of the molecule is O=C(Nc1ccc(C(=O)/C=C/c2ccc(-c3ccccc3)cc2)cc1)/C(=C/c1ccc(Cl)cc1)NC(=O)c1ccccc1. The van der Waals surface area contributed by atoms with Gasteiger partial charge in [-0.3, -0.25) is 14.4 Å². The molecule has 0 fully saturated rings. The number of rotatable bonds is 9. The zero-order valence-corrected chi connectivity index (χ0v) is 23.8. The molecule has 2 amide bonds. The van der Waals surface area contributed by atoms with Crippen LogP contribution in [0.1, 0.15) is 31.8 Å². The minimum absolute atomic E-state index is 0.0533. The van der Waals surface area contributed by atoms with Crippen LogP contribution in [0.4, 0.5) is 5.69 Å². The molecule has 0 aromatic heterocycles. The van der Waals surface area contributed by atoms with Gasteiger partial charge in [0.1, 0.15) is 5.70 Å². The zero-order valence-electron chi connectivity index (χ0n) is 23.0. The lowest BCUT2D eigenvalue weighted by Crippen LogP contribution is -2.30. The minimum Gasteiger partial charge on any atom is -0.321 e. The van der Waals surface area contributed by atoms with E-state index in [4.69, 9.17) is 11.6 Å². The molecule has 2 N–H and O–H groups in total. The molecule has 0 saturated heterocycles. The monoisotopic (exact) mass is 582 g/mol. The Hall–Kier alpha value is -5.52. The molecule has 0 saturated carbocycles. The second-order valence-electron chi connectivity index (χ2n) is 9.65. The van der Waals surface area contributed by atoms with E-state index in [2.05, 4.69) is 22.8 Å². The number of halogens is 1. The topological polar surface area (TPSA) is 75.3 Å². The van der Waals surface area contributed by atoms with E-state index in [1.807, 2.05) is 42.5 Å². The first kappa shape index (κ1) is 29.0. The second kappa shape index (κ2) is 13.9. The van der Waals surface area contributed by atoms with Crippen molar-refractivity contribution in [3.8, 4) is 11.1 Å². The standard InChI is InChI=1S/C37H27ClN2O3/c38-32-20-13-27(14-21-32)25-34(40-36(42)31-9-5-2-6-10-31)37(43)39-33-22-18-30(19-23-33)35(41)24-15-26-11-16-29(17-12-26)28-7-3-1-4-8-28/h1-25H,(H,39,43)(H,40,42)/b24-15+,34-25-. The van der Waals surface area contributed by atoms with Crippen LogP contribution in [0.5, 0.6) is 0 Å². The number of ketones is 1. The Morgan fingerprint density at radius 3 is 1.81 bits per heavy atom. The summed E-state index contributed by atoms with van der Waals surface area (Å²) in [6.07, 6.45) is 4.87. The van der Waals surface area contributed by atoms with Crippen LogP contribution in [0, 0.1) is 0 Å². The number of carbonyl (C=O) groups excluding carboxylic acids is 3. The summed E-state index contributed by atoms with van der Waals surface area (Å²) >= 11 is 6.00. The van der Waals surface area contributed by atoms with Crippen molar-refractivity contribution in [2.24, 2.45) is 0 Å². The summed E-state index contributed by atoms with van der Waals surface area (Å²) in [5, 5.41) is 6.06. The Morgan fingerprint density at radius 1 is 0.581 bits per heavy atom. The smallest absolute Gasteiger partial charge is 0.272 e. The van der Waals surface area contributed by atoms with Gasteiger partial charge in [-0.2, -0.15) is 0 Å². The van der Waals surface area contributed by atoms with E-state index in [-0.39, 0.29) is 11.5 Å². The van der Waals surface area contributed by atoms with Gasteiger partial charge < -0.3 is 10.6 Å². The number of nitrogens with one attached hydrogen (secondary N) is 2. The van der Waals surface area contributed by atoms with Crippen molar-refractivity contribution in [2.45, 2.75) is 0 Å². The average molecular weight is 583 g/mol. The maximum absolute atomic E-state index is 13.2. The molecule has 6 heteroatoms. The number of amides is 2. The molecule has 0 bridgehead atoms. The van der Waals surface area contributed by atoms with Gasteiger partial charge in [0.25, 0.3) is 11.8 Å². The van der Waals surface area contributed by atoms with Crippen molar-refractivity contribution in [1.82, 2.24) is 5.32 Å². The Labute approximate surface area is 255 Å². The van der Waals surface area contributed by atoms with Crippen LogP contribution in [0.2, 0.25) is 5.02 Å². The quantitative estimate of drug-likeness (QED) is 0.135. The fraction of sp³-hybridized carbons (Fsp3) is 0. The minimum atomic E-state index is -0.517. The maximum atomic E-state index is 13.2. The summed E-state index contributed by atoms with van der Waals surface area (Å²) < 4.78 is 0. The van der Waals surface area contributed by atoms with Crippen LogP contribution in [-0.4, -0.2) is 17.6 Å². The first-order valence-corrected chi connectivity index (χ1v) is 14.0. The summed E-state index contributed by atoms with van der Waals surface area (Å²) in [4.78, 5) is 38.9. The molecule has 0 spiro atoms. The molecule has 0 radical (unpaired) electrons. The van der Waals surface area contributed by atoms with Crippen LogP contribution in [0.3, 0.4) is 0 Å². The molecule has 210 valence electrons. The van der Waals surface area contributed by atoms with Gasteiger partial charge in [0.15, 0.2) is 5.78 Å². The number of anilines is 1. The number of hydrogen-bond donors (Lipinski definition) is 2. The third-order valence-electron chi connectivity index (χ3n) is 6.58. The normalized spacial score (nSPS) is 11.2. The lowest BCUT2D eigenvalue weighted by Gasteiger charge is -2.12. The van der Waals surface area contributed by atoms with Crippen molar-refractivity contribution in [1.29, 1.82) is 0 Å². The zero-order chi connectivity index (χ0) is 30.0. The first-order valence-electron chi connectivity index (χ1n) is 13.6. The van der Waals surface area contributed by atoms with Crippen molar-refractivity contribution in [2.75, 3.05) is 5.32 Å². The Kier molecular flexibility index (Phi) is 9.37. The molecule has 0 atom stereocenters. The summed E-state index contributed by atoms with van der Waals surface area (Å²) in [6, 6.07) is 40.2. The average Bonchev–Trinajstić information content (AvgIpc) is 3.05. The molecule has 5 aromatic carbocycles. The van der Waals surface area contributed by atoms with Crippen LogP contribution >= 0.6 is 11.6 Å². The third kappa shape index (κ3) is 8.03. The van der Waals surface area contributed by atoms with E-state index in [1.165, 1.54) is 6.08 Å². The van der Waals surface area contributed by atoms with Crippen LogP contribution < -0.4 is 10.6 Å². The van der Waals surface area contributed by atoms with Crippen molar-refractivity contribution in [3.63, 3.8) is 0 Å². The molecule has 43 heavy (non-hydrogen) atoms. The predicted octanol–water partition coefficient (Wildman–Crippen LogP) is 8.31. The van der Waals surface area contributed by atoms with Gasteiger partial charge in [-0.1, -0.05) is 103 Å². The molecule has 0 heterocycles. The van der Waals surface area contributed by atoms with Crippen LogP contribution in [0.25, 0.3) is 23.3 Å². The van der Waals surface area contributed by atoms with Gasteiger partial charge in [-0.15, -0.1) is 0 Å². The van der Waals surface area contributed by atoms with Gasteiger partial charge >= 0.3 is 0 Å². The van der Waals surface area contributed by atoms with Crippen LogP contribution in [-0.2, 0) is 4.79 Å². The molecule has 0 unspecified atom stereocenters. The lowest BCUT2D eigenvalue weighted by molar-refractivity contribution is -0.113. The largest absolute Gasteiger partial charge is 0.321 e. The van der Waals surface area contributed by atoms with Gasteiger partial charge in [0.2, 0.25) is 0 Å². The number of carbonyl (C=O) groups is 3. The predicted molar refractivity (Wildman–Crippen MR) is 174 cm³/mol. The molecular weight excluding hydrogens is 556 g/mol. The summed E-state index contributed by atoms with van der Waals surface area (Å²) in [5.41, 5.74) is 5.25. The van der Waals surface area contributed by atoms with Gasteiger partial charge in [0, 0.05) is 21.8 Å². The molecule has 5 rings (SSSR count). The van der Waals surface area contributed by atoms with Crippen LogP contribution in [0.15, 0.2) is 145 Å². The number of hydrogen-bond acceptors (Lipinski definition) is 3. The molecule has 5 nitrogen and oxygen atoms in total. The Morgan fingerprint density at radius 2 is 1.16 bits per heavy atom. The van der Waals surface area contributed by atoms with Crippen molar-refractivity contribution in [3.05, 3.63) is 173 Å². The highest BCUT2D eigenvalue weighted by molar-refractivity contribution is 6.30. The Balaban J connectivity index is 1.25. The van der Waals surface area contributed by atoms with E-state index in [1.54, 1.807) is 91.0 Å². The maximum Gasteiger partial charge on any atom is 0.272 e. The van der Waals surface area contributed by atoms with E-state index < -0.39 is 11.8 Å². The Bertz CT molecular complexity index is 1780. The van der Waals surface area contributed by atoms with Gasteiger partial charge in [-0.25, -0.2) is 0 Å². The number of benzene rings is 5. The highest BCUT2D eigenvalue weighted by Gasteiger charge is 2.15. The molecular formula is C37H27ClN2O3. The molecule has 0 aliphatic carbocycles. The van der Waals surface area contributed by atoms with E-state index in [9.17, 15) is 14.4 Å². The fourth-order valence-electron chi connectivity index (χ4n) is 4.27.